The lowest BCUT2D eigenvalue weighted by atomic mass is 10.1. The zero-order chi connectivity index (χ0) is 9.52. The Morgan fingerprint density at radius 2 is 1.77 bits per heavy atom. The molecule has 0 radical (unpaired) electrons. The molecule has 0 aliphatic heterocycles. The lowest BCUT2D eigenvalue weighted by Gasteiger charge is -2.19. The van der Waals surface area contributed by atoms with E-state index in [4.69, 9.17) is 0 Å². The van der Waals surface area contributed by atoms with Crippen molar-refractivity contribution in [1.29, 1.82) is 0 Å². The van der Waals surface area contributed by atoms with Gasteiger partial charge in [0.15, 0.2) is 0 Å². The summed E-state index contributed by atoms with van der Waals surface area (Å²) in [4.78, 5) is 0. The Kier molecular flexibility index (Phi) is 5.40. The first-order valence-corrected chi connectivity index (χ1v) is 5.73. The predicted octanol–water partition coefficient (Wildman–Crippen LogP) is 1.91. The zero-order valence-electron chi connectivity index (χ0n) is 9.10. The third-order valence-corrected chi connectivity index (χ3v) is 3.06. The average molecular weight is 184 g/mol. The Morgan fingerprint density at radius 3 is 2.31 bits per heavy atom. The molecule has 1 aliphatic rings. The van der Waals surface area contributed by atoms with Gasteiger partial charge < -0.3 is 10.6 Å². The molecule has 2 heteroatoms. The average Bonchev–Trinajstić information content (AvgIpc) is 2.42. The van der Waals surface area contributed by atoms with Gasteiger partial charge in [-0.2, -0.15) is 0 Å². The van der Waals surface area contributed by atoms with Crippen LogP contribution in [0.4, 0.5) is 0 Å². The van der Waals surface area contributed by atoms with E-state index in [0.29, 0.717) is 6.04 Å². The van der Waals surface area contributed by atoms with Gasteiger partial charge in [-0.3, -0.25) is 0 Å². The summed E-state index contributed by atoms with van der Waals surface area (Å²) < 4.78 is 0. The summed E-state index contributed by atoms with van der Waals surface area (Å²) in [5, 5.41) is 6.91. The Balaban J connectivity index is 2.11. The molecule has 0 heterocycles. The van der Waals surface area contributed by atoms with Crippen molar-refractivity contribution in [3.05, 3.63) is 0 Å². The molecule has 13 heavy (non-hydrogen) atoms. The Morgan fingerprint density at radius 1 is 1.15 bits per heavy atom. The van der Waals surface area contributed by atoms with Crippen LogP contribution in [0.15, 0.2) is 0 Å². The van der Waals surface area contributed by atoms with Gasteiger partial charge in [0.25, 0.3) is 0 Å². The second-order valence-electron chi connectivity index (χ2n) is 4.29. The fraction of sp³-hybridized carbons (Fsp3) is 1.00. The molecule has 2 nitrogen and oxygen atoms in total. The van der Waals surface area contributed by atoms with Crippen molar-refractivity contribution in [3.8, 4) is 0 Å². The van der Waals surface area contributed by atoms with Crippen molar-refractivity contribution in [1.82, 2.24) is 10.6 Å². The second kappa shape index (κ2) is 6.39. The third-order valence-electron chi connectivity index (χ3n) is 3.06. The minimum atomic E-state index is 0.600. The molecule has 0 aromatic carbocycles. The third kappa shape index (κ3) is 4.63. The van der Waals surface area contributed by atoms with E-state index in [1.54, 1.807) is 0 Å². The van der Waals surface area contributed by atoms with E-state index in [2.05, 4.69) is 17.6 Å². The normalized spacial score (nSPS) is 22.6. The van der Waals surface area contributed by atoms with Gasteiger partial charge in [0.2, 0.25) is 0 Å². The van der Waals surface area contributed by atoms with Gasteiger partial charge in [-0.1, -0.05) is 25.7 Å². The van der Waals surface area contributed by atoms with Gasteiger partial charge in [0, 0.05) is 18.6 Å². The minimum absolute atomic E-state index is 0.600. The van der Waals surface area contributed by atoms with Crippen LogP contribution in [0.2, 0.25) is 0 Å². The summed E-state index contributed by atoms with van der Waals surface area (Å²) in [5.74, 6) is 0. The summed E-state index contributed by atoms with van der Waals surface area (Å²) in [6.45, 7) is 3.34. The minimum Gasteiger partial charge on any atom is -0.316 e. The molecule has 2 N–H and O–H groups in total. The van der Waals surface area contributed by atoms with Crippen LogP contribution in [-0.2, 0) is 0 Å². The molecule has 1 aliphatic carbocycles. The van der Waals surface area contributed by atoms with Crippen LogP contribution in [0.1, 0.15) is 45.4 Å². The highest BCUT2D eigenvalue weighted by molar-refractivity contribution is 4.72. The molecule has 0 amide bonds. The molecule has 1 rings (SSSR count). The van der Waals surface area contributed by atoms with E-state index >= 15 is 0 Å². The fourth-order valence-corrected chi connectivity index (χ4v) is 1.93. The summed E-state index contributed by atoms with van der Waals surface area (Å²) in [6.07, 6.45) is 8.50. The van der Waals surface area contributed by atoms with Gasteiger partial charge >= 0.3 is 0 Å². The van der Waals surface area contributed by atoms with E-state index in [1.807, 2.05) is 7.05 Å². The van der Waals surface area contributed by atoms with Crippen molar-refractivity contribution < 1.29 is 0 Å². The number of hydrogen-bond donors (Lipinski definition) is 2. The summed E-state index contributed by atoms with van der Waals surface area (Å²) in [5.41, 5.74) is 0. The van der Waals surface area contributed by atoms with Gasteiger partial charge in [-0.25, -0.2) is 0 Å². The number of hydrogen-bond acceptors (Lipinski definition) is 2. The lowest BCUT2D eigenvalue weighted by molar-refractivity contribution is 0.428. The second-order valence-corrected chi connectivity index (χ2v) is 4.29. The van der Waals surface area contributed by atoms with Crippen molar-refractivity contribution in [2.24, 2.45) is 0 Å². The maximum Gasteiger partial charge on any atom is 0.0161 e. The van der Waals surface area contributed by atoms with Crippen LogP contribution in [0.3, 0.4) is 0 Å². The molecule has 1 saturated carbocycles. The Bertz CT molecular complexity index is 117. The fourth-order valence-electron chi connectivity index (χ4n) is 1.93. The molecule has 0 saturated heterocycles. The number of rotatable bonds is 4. The molecule has 0 spiro atoms. The molecular formula is C11H24N2. The zero-order valence-corrected chi connectivity index (χ0v) is 9.10. The van der Waals surface area contributed by atoms with Gasteiger partial charge in [-0.05, 0) is 26.8 Å². The van der Waals surface area contributed by atoms with Gasteiger partial charge in [-0.15, -0.1) is 0 Å². The lowest BCUT2D eigenvalue weighted by Crippen LogP contribution is -2.39. The van der Waals surface area contributed by atoms with Gasteiger partial charge in [0.1, 0.15) is 0 Å². The highest BCUT2D eigenvalue weighted by Crippen LogP contribution is 2.16. The van der Waals surface area contributed by atoms with E-state index < -0.39 is 0 Å². The molecule has 0 aromatic rings. The molecule has 78 valence electrons. The van der Waals surface area contributed by atoms with Crippen LogP contribution in [0, 0.1) is 0 Å². The molecule has 0 aromatic heterocycles. The van der Waals surface area contributed by atoms with E-state index in [0.717, 1.165) is 12.6 Å². The van der Waals surface area contributed by atoms with Crippen molar-refractivity contribution in [3.63, 3.8) is 0 Å². The van der Waals surface area contributed by atoms with Gasteiger partial charge in [0.05, 0.1) is 0 Å². The first-order chi connectivity index (χ1) is 6.33. The molecule has 1 fully saturated rings. The first kappa shape index (κ1) is 11.0. The van der Waals surface area contributed by atoms with Crippen molar-refractivity contribution in [2.45, 2.75) is 57.5 Å². The summed E-state index contributed by atoms with van der Waals surface area (Å²) >= 11 is 0. The molecular weight excluding hydrogens is 160 g/mol. The van der Waals surface area contributed by atoms with Crippen LogP contribution in [-0.4, -0.2) is 25.7 Å². The van der Waals surface area contributed by atoms with Crippen LogP contribution < -0.4 is 10.6 Å². The maximum atomic E-state index is 3.65. The largest absolute Gasteiger partial charge is 0.316 e. The predicted molar refractivity (Wildman–Crippen MR) is 58.0 cm³/mol. The van der Waals surface area contributed by atoms with Crippen molar-refractivity contribution in [2.75, 3.05) is 13.6 Å². The molecule has 0 bridgehead atoms. The van der Waals surface area contributed by atoms with E-state index in [9.17, 15) is 0 Å². The topological polar surface area (TPSA) is 24.1 Å². The molecule has 1 unspecified atom stereocenters. The first-order valence-electron chi connectivity index (χ1n) is 5.73. The Labute approximate surface area is 82.5 Å². The summed E-state index contributed by atoms with van der Waals surface area (Å²) in [7, 11) is 2.03. The number of likely N-dealkylation sites (N-methyl/N-ethyl adjacent to an activating group) is 1. The quantitative estimate of drug-likeness (QED) is 0.652. The molecule has 1 atom stereocenters. The SMILES string of the molecule is CNC(C)CNC1CCCCCC1. The van der Waals surface area contributed by atoms with Crippen LogP contribution in [0.5, 0.6) is 0 Å². The summed E-state index contributed by atoms with van der Waals surface area (Å²) in [6, 6.07) is 1.39. The van der Waals surface area contributed by atoms with Crippen LogP contribution >= 0.6 is 0 Å². The Hall–Kier alpha value is -0.0800. The highest BCUT2D eigenvalue weighted by Gasteiger charge is 2.11. The highest BCUT2D eigenvalue weighted by atomic mass is 15.0. The van der Waals surface area contributed by atoms with E-state index in [-0.39, 0.29) is 0 Å². The smallest absolute Gasteiger partial charge is 0.0161 e. The van der Waals surface area contributed by atoms with Crippen molar-refractivity contribution >= 4 is 0 Å². The maximum absolute atomic E-state index is 3.65. The number of nitrogens with one attached hydrogen (secondary N) is 2. The van der Waals surface area contributed by atoms with Crippen LogP contribution in [0.25, 0.3) is 0 Å². The monoisotopic (exact) mass is 184 g/mol. The van der Waals surface area contributed by atoms with E-state index in [1.165, 1.54) is 38.5 Å². The standard InChI is InChI=1S/C11H24N2/c1-10(12-2)9-13-11-7-5-3-4-6-8-11/h10-13H,3-9H2,1-2H3.